The number of esters is 1. The van der Waals surface area contributed by atoms with E-state index in [1.807, 2.05) is 18.2 Å². The van der Waals surface area contributed by atoms with Gasteiger partial charge in [0.05, 0.1) is 6.42 Å². The second kappa shape index (κ2) is 24.1. The average molecular weight is 618 g/mol. The van der Waals surface area contributed by atoms with Gasteiger partial charge in [-0.3, -0.25) is 19.7 Å². The van der Waals surface area contributed by atoms with Crippen molar-refractivity contribution in [1.82, 2.24) is 5.32 Å². The molecular formula is C40H59NO4. The molecule has 45 heavy (non-hydrogen) atoms. The van der Waals surface area contributed by atoms with Crippen molar-refractivity contribution in [3.05, 3.63) is 84.0 Å². The Labute approximate surface area is 273 Å². The van der Waals surface area contributed by atoms with Gasteiger partial charge in [0, 0.05) is 11.6 Å². The molecule has 0 saturated heterocycles. The quantitative estimate of drug-likeness (QED) is 0.0440. The summed E-state index contributed by atoms with van der Waals surface area (Å²) >= 11 is 0. The Morgan fingerprint density at radius 2 is 1.09 bits per heavy atom. The summed E-state index contributed by atoms with van der Waals surface area (Å²) in [4.78, 5) is 36.3. The van der Waals surface area contributed by atoms with Crippen LogP contribution in [0.25, 0.3) is 0 Å². The molecule has 1 heterocycles. The summed E-state index contributed by atoms with van der Waals surface area (Å²) in [6, 6.07) is 4.73. The second-order valence-electron chi connectivity index (χ2n) is 12.5. The summed E-state index contributed by atoms with van der Waals surface area (Å²) in [5.41, 5.74) is 5.29. The first-order chi connectivity index (χ1) is 22.0. The molecule has 248 valence electrons. The molecule has 0 unspecified atom stereocenters. The van der Waals surface area contributed by atoms with Crippen LogP contribution in [0, 0.1) is 0 Å². The zero-order chi connectivity index (χ0) is 32.5. The molecule has 1 aromatic rings. The van der Waals surface area contributed by atoms with Crippen LogP contribution in [0.1, 0.15) is 144 Å². The summed E-state index contributed by atoms with van der Waals surface area (Å²) in [6.07, 6.45) is 31.3. The van der Waals surface area contributed by atoms with Crippen LogP contribution in [0.5, 0.6) is 0 Å². The number of unbranched alkanes of at least 4 members (excludes halogenated alkanes) is 15. The monoisotopic (exact) mass is 617 g/mol. The molecule has 0 spiro atoms. The number of allylic oxidation sites excluding steroid dienone is 3. The van der Waals surface area contributed by atoms with Crippen LogP contribution in [0.4, 0.5) is 0 Å². The molecule has 0 bridgehead atoms. The minimum Gasteiger partial charge on any atom is -0.461 e. The number of rotatable bonds is 28. The highest BCUT2D eigenvalue weighted by Gasteiger charge is 2.24. The Morgan fingerprint density at radius 3 is 1.53 bits per heavy atom. The third kappa shape index (κ3) is 16.6. The van der Waals surface area contributed by atoms with E-state index >= 15 is 0 Å². The number of ether oxygens (including phenoxy) is 1. The van der Waals surface area contributed by atoms with Crippen molar-refractivity contribution in [2.24, 2.45) is 0 Å². The van der Waals surface area contributed by atoms with Crippen LogP contribution >= 0.6 is 0 Å². The lowest BCUT2D eigenvalue weighted by Crippen LogP contribution is -2.23. The zero-order valence-electron chi connectivity index (χ0n) is 28.0. The van der Waals surface area contributed by atoms with Crippen LogP contribution in [-0.2, 0) is 45.0 Å². The van der Waals surface area contributed by atoms with Crippen molar-refractivity contribution < 1.29 is 19.1 Å². The van der Waals surface area contributed by atoms with E-state index < -0.39 is 17.8 Å². The van der Waals surface area contributed by atoms with Crippen LogP contribution in [0.2, 0.25) is 0 Å². The van der Waals surface area contributed by atoms with Crippen LogP contribution in [-0.4, -0.2) is 17.8 Å². The molecular weight excluding hydrogens is 558 g/mol. The van der Waals surface area contributed by atoms with Gasteiger partial charge in [-0.15, -0.1) is 19.7 Å². The summed E-state index contributed by atoms with van der Waals surface area (Å²) in [5.74, 6) is -1.47. The lowest BCUT2D eigenvalue weighted by molar-refractivity contribution is -0.144. The molecule has 5 heteroatoms. The highest BCUT2D eigenvalue weighted by Crippen LogP contribution is 2.26. The summed E-state index contributed by atoms with van der Waals surface area (Å²) in [6.45, 7) is 11.7. The van der Waals surface area contributed by atoms with Crippen molar-refractivity contribution in [3.63, 3.8) is 0 Å². The lowest BCUT2D eigenvalue weighted by Gasteiger charge is -2.18. The SMILES string of the molecule is C=CCCCCCCCc1cc(CCCCCCCC=C)c(COC(=O)CC2=CC(=O)NC2=O)c(CCCCCCCC=C)c1. The van der Waals surface area contributed by atoms with Crippen molar-refractivity contribution in [2.75, 3.05) is 0 Å². The minimum absolute atomic E-state index is 0.165. The minimum atomic E-state index is -0.510. The normalized spacial score (nSPS) is 12.6. The van der Waals surface area contributed by atoms with Gasteiger partial charge >= 0.3 is 5.97 Å². The van der Waals surface area contributed by atoms with Gasteiger partial charge in [-0.1, -0.05) is 88.1 Å². The van der Waals surface area contributed by atoms with Gasteiger partial charge in [-0.2, -0.15) is 0 Å². The van der Waals surface area contributed by atoms with Gasteiger partial charge in [-0.05, 0) is 99.3 Å². The topological polar surface area (TPSA) is 72.5 Å². The van der Waals surface area contributed by atoms with Gasteiger partial charge < -0.3 is 4.74 Å². The van der Waals surface area contributed by atoms with Crippen molar-refractivity contribution in [3.8, 4) is 0 Å². The number of hydrogen-bond donors (Lipinski definition) is 1. The van der Waals surface area contributed by atoms with Gasteiger partial charge in [0.25, 0.3) is 11.8 Å². The number of aryl methyl sites for hydroxylation is 3. The standard InChI is InChI=1S/C40H59NO4/c1-4-7-10-13-16-19-22-25-33-28-34(26-23-20-17-14-11-8-5-2)37(35(29-33)27-24-21-18-15-12-9-6-3)32-45-39(43)31-36-30-38(42)41-40(36)44/h4-6,28-30H,1-3,7-27,31-32H2,(H,41,42,44). The predicted molar refractivity (Wildman–Crippen MR) is 187 cm³/mol. The number of amides is 2. The molecule has 0 fully saturated rings. The van der Waals surface area contributed by atoms with Gasteiger partial charge in [0.2, 0.25) is 0 Å². The summed E-state index contributed by atoms with van der Waals surface area (Å²) < 4.78 is 5.79. The van der Waals surface area contributed by atoms with Gasteiger partial charge in [0.15, 0.2) is 0 Å². The highest BCUT2D eigenvalue weighted by atomic mass is 16.5. The Balaban J connectivity index is 2.15. The number of carbonyl (C=O) groups excluding carboxylic acids is 3. The molecule has 1 aliphatic rings. The maximum absolute atomic E-state index is 12.8. The van der Waals surface area contributed by atoms with Crippen LogP contribution in [0.3, 0.4) is 0 Å². The zero-order valence-corrected chi connectivity index (χ0v) is 28.0. The van der Waals surface area contributed by atoms with E-state index in [0.29, 0.717) is 0 Å². The Kier molecular flexibility index (Phi) is 20.3. The van der Waals surface area contributed by atoms with E-state index in [9.17, 15) is 14.4 Å². The largest absolute Gasteiger partial charge is 0.461 e. The molecule has 2 rings (SSSR count). The first kappa shape index (κ1) is 38.0. The molecule has 5 nitrogen and oxygen atoms in total. The van der Waals surface area contributed by atoms with E-state index in [0.717, 1.165) is 56.9 Å². The Morgan fingerprint density at radius 1 is 0.644 bits per heavy atom. The van der Waals surface area contributed by atoms with Crippen LogP contribution < -0.4 is 5.32 Å². The fourth-order valence-electron chi connectivity index (χ4n) is 6.01. The lowest BCUT2D eigenvalue weighted by atomic mass is 9.90. The van der Waals surface area contributed by atoms with Gasteiger partial charge in [-0.25, -0.2) is 0 Å². The van der Waals surface area contributed by atoms with E-state index in [-0.39, 0.29) is 18.6 Å². The Bertz CT molecular complexity index is 1070. The smallest absolute Gasteiger partial charge is 0.310 e. The van der Waals surface area contributed by atoms with E-state index in [1.165, 1.54) is 106 Å². The molecule has 0 aromatic heterocycles. The molecule has 1 N–H and O–H groups in total. The van der Waals surface area contributed by atoms with Crippen molar-refractivity contribution in [2.45, 2.75) is 148 Å². The maximum Gasteiger partial charge on any atom is 0.310 e. The number of carbonyl (C=O) groups is 3. The molecule has 0 atom stereocenters. The fourth-order valence-corrected chi connectivity index (χ4v) is 6.01. The summed E-state index contributed by atoms with van der Waals surface area (Å²) in [5, 5.41) is 2.20. The fraction of sp³-hybridized carbons (Fsp3) is 0.575. The average Bonchev–Trinajstić information content (AvgIpc) is 3.34. The van der Waals surface area contributed by atoms with E-state index in [2.05, 4.69) is 37.2 Å². The number of hydrogen-bond acceptors (Lipinski definition) is 4. The molecule has 1 aromatic carbocycles. The van der Waals surface area contributed by atoms with Crippen LogP contribution in [0.15, 0.2) is 61.7 Å². The van der Waals surface area contributed by atoms with E-state index in [1.54, 1.807) is 0 Å². The first-order valence-electron chi connectivity index (χ1n) is 17.7. The molecule has 0 saturated carbocycles. The van der Waals surface area contributed by atoms with Crippen molar-refractivity contribution in [1.29, 1.82) is 0 Å². The predicted octanol–water partition coefficient (Wildman–Crippen LogP) is 9.91. The molecule has 0 aliphatic carbocycles. The molecule has 2 amide bonds. The Hall–Kier alpha value is -3.21. The highest BCUT2D eigenvalue weighted by molar-refractivity contribution is 6.17. The number of imide groups is 1. The summed E-state index contributed by atoms with van der Waals surface area (Å²) in [7, 11) is 0. The molecule has 1 aliphatic heterocycles. The number of nitrogens with one attached hydrogen (secondary N) is 1. The van der Waals surface area contributed by atoms with Crippen molar-refractivity contribution >= 4 is 17.8 Å². The van der Waals surface area contributed by atoms with Gasteiger partial charge in [0.1, 0.15) is 6.61 Å². The molecule has 0 radical (unpaired) electrons. The number of benzene rings is 1. The third-order valence-corrected chi connectivity index (χ3v) is 8.62. The first-order valence-corrected chi connectivity index (χ1v) is 17.7. The second-order valence-corrected chi connectivity index (χ2v) is 12.5. The maximum atomic E-state index is 12.8. The van der Waals surface area contributed by atoms with E-state index in [4.69, 9.17) is 4.74 Å². The third-order valence-electron chi connectivity index (χ3n) is 8.62.